The summed E-state index contributed by atoms with van der Waals surface area (Å²) in [5, 5.41) is 12.7. The Labute approximate surface area is 128 Å². The van der Waals surface area contributed by atoms with Gasteiger partial charge >= 0.3 is 0 Å². The van der Waals surface area contributed by atoms with Gasteiger partial charge in [0.15, 0.2) is 0 Å². The van der Waals surface area contributed by atoms with Crippen molar-refractivity contribution in [3.8, 4) is 0 Å². The number of amides is 1. The summed E-state index contributed by atoms with van der Waals surface area (Å²) in [6.45, 7) is 0. The number of nitrogens with two attached hydrogens (primary N) is 1. The van der Waals surface area contributed by atoms with Crippen LogP contribution in [0.5, 0.6) is 0 Å². The molecule has 1 aliphatic carbocycles. The summed E-state index contributed by atoms with van der Waals surface area (Å²) in [4.78, 5) is 11.6. The van der Waals surface area contributed by atoms with Crippen LogP contribution in [-0.4, -0.2) is 29.2 Å². The SMILES string of the molecule is NC(=O)C(Cc1cccc(Cl)c1F)NC1CCC(O)CC1. The lowest BCUT2D eigenvalue weighted by Crippen LogP contribution is -2.49. The standard InChI is InChI=1S/C15H20ClFN2O2/c16-12-3-1-2-9(14(12)17)8-13(15(18)21)19-10-4-6-11(20)7-5-10/h1-3,10-11,13,19-20H,4-8H2,(H2,18,21). The molecule has 1 fully saturated rings. The van der Waals surface area contributed by atoms with E-state index in [0.29, 0.717) is 18.4 Å². The van der Waals surface area contributed by atoms with Gasteiger partial charge in [0, 0.05) is 6.04 Å². The van der Waals surface area contributed by atoms with Crippen molar-refractivity contribution in [1.29, 1.82) is 0 Å². The zero-order chi connectivity index (χ0) is 15.4. The fourth-order valence-corrected chi connectivity index (χ4v) is 2.89. The van der Waals surface area contributed by atoms with Crippen LogP contribution in [0.2, 0.25) is 5.02 Å². The topological polar surface area (TPSA) is 75.4 Å². The van der Waals surface area contributed by atoms with Gasteiger partial charge in [-0.05, 0) is 43.7 Å². The summed E-state index contributed by atoms with van der Waals surface area (Å²) in [5.41, 5.74) is 5.78. The number of rotatable bonds is 5. The van der Waals surface area contributed by atoms with Gasteiger partial charge in [-0.15, -0.1) is 0 Å². The highest BCUT2D eigenvalue weighted by atomic mass is 35.5. The molecule has 0 aliphatic heterocycles. The van der Waals surface area contributed by atoms with Gasteiger partial charge in [0.05, 0.1) is 17.2 Å². The van der Waals surface area contributed by atoms with E-state index in [1.807, 2.05) is 0 Å². The molecule has 21 heavy (non-hydrogen) atoms. The number of carbonyl (C=O) groups is 1. The van der Waals surface area contributed by atoms with Gasteiger partial charge in [-0.3, -0.25) is 4.79 Å². The molecule has 1 aromatic rings. The van der Waals surface area contributed by atoms with Crippen molar-refractivity contribution in [2.75, 3.05) is 0 Å². The Hall–Kier alpha value is -1.17. The van der Waals surface area contributed by atoms with Crippen LogP contribution in [0.3, 0.4) is 0 Å². The van der Waals surface area contributed by atoms with Gasteiger partial charge in [-0.2, -0.15) is 0 Å². The molecular weight excluding hydrogens is 295 g/mol. The predicted octanol–water partition coefficient (Wildman–Crippen LogP) is 1.77. The van der Waals surface area contributed by atoms with Crippen LogP contribution in [0.4, 0.5) is 4.39 Å². The Morgan fingerprint density at radius 3 is 2.71 bits per heavy atom. The second-order valence-electron chi connectivity index (χ2n) is 5.54. The number of hydrogen-bond donors (Lipinski definition) is 3. The third-order valence-electron chi connectivity index (χ3n) is 3.93. The molecule has 1 atom stereocenters. The fraction of sp³-hybridized carbons (Fsp3) is 0.533. The number of halogens is 2. The first kappa shape index (κ1) is 16.2. The smallest absolute Gasteiger partial charge is 0.234 e. The van der Waals surface area contributed by atoms with Crippen molar-refractivity contribution < 1.29 is 14.3 Å². The van der Waals surface area contributed by atoms with E-state index >= 15 is 0 Å². The van der Waals surface area contributed by atoms with Crippen LogP contribution in [0.25, 0.3) is 0 Å². The maximum Gasteiger partial charge on any atom is 0.234 e. The zero-order valence-corrected chi connectivity index (χ0v) is 12.4. The van der Waals surface area contributed by atoms with E-state index in [4.69, 9.17) is 17.3 Å². The Morgan fingerprint density at radius 2 is 2.10 bits per heavy atom. The highest BCUT2D eigenvalue weighted by molar-refractivity contribution is 6.30. The summed E-state index contributed by atoms with van der Waals surface area (Å²) in [7, 11) is 0. The summed E-state index contributed by atoms with van der Waals surface area (Å²) in [6, 6.07) is 4.20. The highest BCUT2D eigenvalue weighted by Gasteiger charge is 2.25. The lowest BCUT2D eigenvalue weighted by molar-refractivity contribution is -0.120. The van der Waals surface area contributed by atoms with Gasteiger partial charge in [-0.25, -0.2) is 4.39 Å². The second-order valence-corrected chi connectivity index (χ2v) is 5.95. The number of benzene rings is 1. The third-order valence-corrected chi connectivity index (χ3v) is 4.22. The second kappa shape index (κ2) is 7.20. The molecule has 0 saturated heterocycles. The van der Waals surface area contributed by atoms with Gasteiger partial charge < -0.3 is 16.2 Å². The molecule has 1 amide bonds. The molecule has 0 aromatic heterocycles. The number of aliphatic hydroxyl groups is 1. The molecule has 1 unspecified atom stereocenters. The molecule has 1 aliphatic rings. The molecule has 2 rings (SSSR count). The van der Waals surface area contributed by atoms with Crippen molar-refractivity contribution >= 4 is 17.5 Å². The monoisotopic (exact) mass is 314 g/mol. The Kier molecular flexibility index (Phi) is 5.56. The van der Waals surface area contributed by atoms with Crippen LogP contribution in [0.1, 0.15) is 31.2 Å². The number of nitrogens with one attached hydrogen (secondary N) is 1. The predicted molar refractivity (Wildman–Crippen MR) is 79.5 cm³/mol. The molecule has 6 heteroatoms. The molecule has 0 radical (unpaired) electrons. The minimum absolute atomic E-state index is 0.0384. The molecule has 116 valence electrons. The molecule has 0 spiro atoms. The lowest BCUT2D eigenvalue weighted by atomic mass is 9.92. The van der Waals surface area contributed by atoms with Crippen molar-refractivity contribution in [3.63, 3.8) is 0 Å². The van der Waals surface area contributed by atoms with Crippen LogP contribution in [0.15, 0.2) is 18.2 Å². The molecule has 4 nitrogen and oxygen atoms in total. The largest absolute Gasteiger partial charge is 0.393 e. The first-order chi connectivity index (χ1) is 9.97. The lowest BCUT2D eigenvalue weighted by Gasteiger charge is -2.29. The highest BCUT2D eigenvalue weighted by Crippen LogP contribution is 2.21. The molecule has 1 aromatic carbocycles. The Balaban J connectivity index is 2.02. The average molecular weight is 315 g/mol. The maximum absolute atomic E-state index is 13.9. The first-order valence-electron chi connectivity index (χ1n) is 7.13. The summed E-state index contributed by atoms with van der Waals surface area (Å²) in [6.07, 6.45) is 2.87. The van der Waals surface area contributed by atoms with E-state index < -0.39 is 17.8 Å². The van der Waals surface area contributed by atoms with Crippen molar-refractivity contribution in [2.45, 2.75) is 50.3 Å². The number of carbonyl (C=O) groups excluding carboxylic acids is 1. The van der Waals surface area contributed by atoms with Gasteiger partial charge in [0.1, 0.15) is 5.82 Å². The maximum atomic E-state index is 13.9. The quantitative estimate of drug-likeness (QED) is 0.775. The van der Waals surface area contributed by atoms with E-state index in [1.165, 1.54) is 6.07 Å². The van der Waals surface area contributed by atoms with Crippen LogP contribution in [0, 0.1) is 5.82 Å². The van der Waals surface area contributed by atoms with E-state index in [2.05, 4.69) is 5.32 Å². The normalized spacial score (nSPS) is 23.8. The Morgan fingerprint density at radius 1 is 1.43 bits per heavy atom. The minimum atomic E-state index is -0.641. The van der Waals surface area contributed by atoms with Crippen molar-refractivity contribution in [1.82, 2.24) is 5.32 Å². The molecule has 0 bridgehead atoms. The van der Waals surface area contributed by atoms with Crippen LogP contribution < -0.4 is 11.1 Å². The molecule has 1 saturated carbocycles. The van der Waals surface area contributed by atoms with Crippen molar-refractivity contribution in [2.24, 2.45) is 5.73 Å². The summed E-state index contributed by atoms with van der Waals surface area (Å²) >= 11 is 5.75. The van der Waals surface area contributed by atoms with E-state index in [1.54, 1.807) is 12.1 Å². The Bertz CT molecular complexity index is 504. The molecule has 0 heterocycles. The fourth-order valence-electron chi connectivity index (χ4n) is 2.69. The molecule has 4 N–H and O–H groups in total. The van der Waals surface area contributed by atoms with Gasteiger partial charge in [-0.1, -0.05) is 23.7 Å². The summed E-state index contributed by atoms with van der Waals surface area (Å²) < 4.78 is 13.9. The first-order valence-corrected chi connectivity index (χ1v) is 7.51. The van der Waals surface area contributed by atoms with Crippen LogP contribution >= 0.6 is 11.6 Å². The average Bonchev–Trinajstić information content (AvgIpc) is 2.45. The molecular formula is C15H20ClFN2O2. The van der Waals surface area contributed by atoms with E-state index in [0.717, 1.165) is 12.8 Å². The van der Waals surface area contributed by atoms with Crippen molar-refractivity contribution in [3.05, 3.63) is 34.6 Å². The van der Waals surface area contributed by atoms with Crippen LogP contribution in [-0.2, 0) is 11.2 Å². The third kappa shape index (κ3) is 4.40. The number of primary amides is 1. The van der Waals surface area contributed by atoms with Gasteiger partial charge in [0.25, 0.3) is 0 Å². The van der Waals surface area contributed by atoms with E-state index in [9.17, 15) is 14.3 Å². The van der Waals surface area contributed by atoms with Gasteiger partial charge in [0.2, 0.25) is 5.91 Å². The number of aliphatic hydroxyl groups excluding tert-OH is 1. The summed E-state index contributed by atoms with van der Waals surface area (Å²) in [5.74, 6) is -1.02. The zero-order valence-electron chi connectivity index (χ0n) is 11.7. The number of hydrogen-bond acceptors (Lipinski definition) is 3. The van der Waals surface area contributed by atoms with E-state index in [-0.39, 0.29) is 23.6 Å². The minimum Gasteiger partial charge on any atom is -0.393 e.